The number of hydrogen-bond donors (Lipinski definition) is 2. The quantitative estimate of drug-likeness (QED) is 0.444. The van der Waals surface area contributed by atoms with Gasteiger partial charge < -0.3 is 15.2 Å². The molecule has 4 heteroatoms. The minimum Gasteiger partial charge on any atom is -0.392 e. The molecule has 1 aromatic carbocycles. The van der Waals surface area contributed by atoms with Crippen molar-refractivity contribution in [2.24, 2.45) is 17.8 Å². The van der Waals surface area contributed by atoms with Crippen LogP contribution in [-0.4, -0.2) is 62.0 Å². The molecular weight excluding hydrogens is 384 g/mol. The summed E-state index contributed by atoms with van der Waals surface area (Å²) in [6.07, 6.45) is 12.3. The molecule has 0 aromatic heterocycles. The van der Waals surface area contributed by atoms with Gasteiger partial charge in [0.2, 0.25) is 0 Å². The number of aliphatic hydroxyl groups excluding tert-OH is 1. The van der Waals surface area contributed by atoms with E-state index in [2.05, 4.69) is 59.6 Å². The lowest BCUT2D eigenvalue weighted by atomic mass is 9.89. The minimum absolute atomic E-state index is 0.176. The molecule has 3 aliphatic rings. The van der Waals surface area contributed by atoms with E-state index in [1.807, 2.05) is 0 Å². The van der Waals surface area contributed by atoms with Crippen LogP contribution in [0.2, 0.25) is 0 Å². The molecule has 0 bridgehead atoms. The molecule has 2 aliphatic carbocycles. The monoisotopic (exact) mass is 424 g/mol. The standard InChI is InChI=1S/C27H40N2O2/c1-21-6-4-8-22(16-21)7-2-3-9-25-26-18-23(17-24(26)19-27(25)30)20-28-10-5-11-29-12-14-31-15-13-29/h3-4,6,8-9,16-17,24-28,30H,2,5,7,10-15,18-20H2,1H3/t24-,25+,26-,27+/m0/s1. The highest BCUT2D eigenvalue weighted by Gasteiger charge is 2.43. The summed E-state index contributed by atoms with van der Waals surface area (Å²) in [6.45, 7) is 9.34. The van der Waals surface area contributed by atoms with Crippen LogP contribution in [0.15, 0.2) is 48.1 Å². The lowest BCUT2D eigenvalue weighted by Gasteiger charge is -2.26. The summed E-state index contributed by atoms with van der Waals surface area (Å²) in [5, 5.41) is 14.2. The Kier molecular flexibility index (Phi) is 8.37. The first-order chi connectivity index (χ1) is 15.2. The second-order valence-corrected chi connectivity index (χ2v) is 9.68. The van der Waals surface area contributed by atoms with E-state index in [-0.39, 0.29) is 6.10 Å². The van der Waals surface area contributed by atoms with Gasteiger partial charge in [-0.2, -0.15) is 0 Å². The summed E-state index contributed by atoms with van der Waals surface area (Å²) in [6, 6.07) is 8.78. The topological polar surface area (TPSA) is 44.7 Å². The molecule has 4 nitrogen and oxygen atoms in total. The van der Waals surface area contributed by atoms with E-state index in [0.717, 1.165) is 65.1 Å². The van der Waals surface area contributed by atoms with Gasteiger partial charge >= 0.3 is 0 Å². The summed E-state index contributed by atoms with van der Waals surface area (Å²) in [5.74, 6) is 1.47. The maximum atomic E-state index is 10.6. The first-order valence-electron chi connectivity index (χ1n) is 12.3. The van der Waals surface area contributed by atoms with Gasteiger partial charge in [-0.05, 0) is 69.5 Å². The van der Waals surface area contributed by atoms with E-state index in [0.29, 0.717) is 17.8 Å². The van der Waals surface area contributed by atoms with Crippen LogP contribution in [0, 0.1) is 24.7 Å². The number of ether oxygens (including phenoxy) is 1. The Morgan fingerprint density at radius 2 is 2.13 bits per heavy atom. The van der Waals surface area contributed by atoms with Crippen molar-refractivity contribution in [3.05, 3.63) is 59.2 Å². The fourth-order valence-electron chi connectivity index (χ4n) is 5.61. The van der Waals surface area contributed by atoms with Crippen molar-refractivity contribution in [2.45, 2.75) is 45.1 Å². The number of aryl methyl sites for hydroxylation is 2. The largest absolute Gasteiger partial charge is 0.392 e. The van der Waals surface area contributed by atoms with Gasteiger partial charge in [-0.3, -0.25) is 4.90 Å². The van der Waals surface area contributed by atoms with E-state index < -0.39 is 0 Å². The SMILES string of the molecule is Cc1cccc(CCC=C[C@@H]2[C@H]3CC(CNCCCN4CCOCC4)=C[C@H]3C[C@H]2O)c1. The third kappa shape index (κ3) is 6.52. The zero-order valence-corrected chi connectivity index (χ0v) is 19.1. The Bertz CT molecular complexity index is 753. The molecule has 170 valence electrons. The van der Waals surface area contributed by atoms with Gasteiger partial charge in [0.1, 0.15) is 0 Å². The Labute approximate surface area is 188 Å². The van der Waals surface area contributed by atoms with E-state index in [9.17, 15) is 5.11 Å². The Morgan fingerprint density at radius 1 is 1.26 bits per heavy atom. The first kappa shape index (κ1) is 22.7. The van der Waals surface area contributed by atoms with Gasteiger partial charge in [-0.25, -0.2) is 0 Å². The fourth-order valence-corrected chi connectivity index (χ4v) is 5.61. The number of allylic oxidation sites excluding steroid dienone is 2. The smallest absolute Gasteiger partial charge is 0.0611 e. The van der Waals surface area contributed by atoms with Crippen molar-refractivity contribution in [3.8, 4) is 0 Å². The maximum Gasteiger partial charge on any atom is 0.0611 e. The van der Waals surface area contributed by atoms with Crippen molar-refractivity contribution in [2.75, 3.05) is 45.9 Å². The molecule has 0 spiro atoms. The van der Waals surface area contributed by atoms with Crippen molar-refractivity contribution in [1.82, 2.24) is 10.2 Å². The highest BCUT2D eigenvalue weighted by Crippen LogP contribution is 2.47. The van der Waals surface area contributed by atoms with Gasteiger partial charge in [0, 0.05) is 25.6 Å². The third-order valence-electron chi connectivity index (χ3n) is 7.27. The highest BCUT2D eigenvalue weighted by molar-refractivity contribution is 5.23. The van der Waals surface area contributed by atoms with Gasteiger partial charge in [0.25, 0.3) is 0 Å². The molecule has 1 heterocycles. The van der Waals surface area contributed by atoms with E-state index in [4.69, 9.17) is 4.74 Å². The summed E-state index contributed by atoms with van der Waals surface area (Å²) in [5.41, 5.74) is 4.28. The number of fused-ring (bicyclic) bond motifs is 1. The van der Waals surface area contributed by atoms with Crippen LogP contribution in [0.1, 0.15) is 36.8 Å². The Morgan fingerprint density at radius 3 is 2.97 bits per heavy atom. The second kappa shape index (κ2) is 11.4. The molecule has 31 heavy (non-hydrogen) atoms. The maximum absolute atomic E-state index is 10.6. The molecule has 4 rings (SSSR count). The third-order valence-corrected chi connectivity index (χ3v) is 7.27. The average molecular weight is 425 g/mol. The van der Waals surface area contributed by atoms with Crippen LogP contribution < -0.4 is 5.32 Å². The van der Waals surface area contributed by atoms with Crippen LogP contribution in [0.25, 0.3) is 0 Å². The molecule has 2 N–H and O–H groups in total. The predicted octanol–water partition coefficient (Wildman–Crippen LogP) is 3.74. The Balaban J connectivity index is 1.16. The normalized spacial score (nSPS) is 28.9. The highest BCUT2D eigenvalue weighted by atomic mass is 16.5. The number of nitrogens with zero attached hydrogens (tertiary/aromatic N) is 1. The molecule has 0 unspecified atom stereocenters. The van der Waals surface area contributed by atoms with Crippen molar-refractivity contribution in [1.29, 1.82) is 0 Å². The summed E-state index contributed by atoms with van der Waals surface area (Å²) < 4.78 is 5.41. The predicted molar refractivity (Wildman–Crippen MR) is 127 cm³/mol. The van der Waals surface area contributed by atoms with Gasteiger partial charge in [0.05, 0.1) is 19.3 Å². The molecule has 1 aliphatic heterocycles. The summed E-state index contributed by atoms with van der Waals surface area (Å²) in [4.78, 5) is 2.50. The molecular formula is C27H40N2O2. The minimum atomic E-state index is -0.176. The first-order valence-corrected chi connectivity index (χ1v) is 12.3. The molecule has 0 amide bonds. The van der Waals surface area contributed by atoms with Crippen molar-refractivity contribution >= 4 is 0 Å². The number of rotatable bonds is 10. The fraction of sp³-hybridized carbons (Fsp3) is 0.630. The zero-order chi connectivity index (χ0) is 21.5. The number of aliphatic hydroxyl groups is 1. The van der Waals surface area contributed by atoms with E-state index >= 15 is 0 Å². The number of hydrogen-bond acceptors (Lipinski definition) is 4. The van der Waals surface area contributed by atoms with Crippen molar-refractivity contribution in [3.63, 3.8) is 0 Å². The molecule has 0 radical (unpaired) electrons. The van der Waals surface area contributed by atoms with Crippen LogP contribution >= 0.6 is 0 Å². The molecule has 2 fully saturated rings. The second-order valence-electron chi connectivity index (χ2n) is 9.68. The Hall–Kier alpha value is -1.46. The van der Waals surface area contributed by atoms with Crippen LogP contribution in [-0.2, 0) is 11.2 Å². The zero-order valence-electron chi connectivity index (χ0n) is 19.1. The molecule has 4 atom stereocenters. The van der Waals surface area contributed by atoms with Gasteiger partial charge in [-0.15, -0.1) is 0 Å². The van der Waals surface area contributed by atoms with Gasteiger partial charge in [-0.1, -0.05) is 53.6 Å². The lowest BCUT2D eigenvalue weighted by Crippen LogP contribution is -2.37. The lowest BCUT2D eigenvalue weighted by molar-refractivity contribution is 0.0375. The van der Waals surface area contributed by atoms with E-state index in [1.165, 1.54) is 24.1 Å². The average Bonchev–Trinajstić information content (AvgIpc) is 3.28. The van der Waals surface area contributed by atoms with Crippen LogP contribution in [0.3, 0.4) is 0 Å². The number of nitrogens with one attached hydrogen (secondary N) is 1. The summed E-state index contributed by atoms with van der Waals surface area (Å²) in [7, 11) is 0. The summed E-state index contributed by atoms with van der Waals surface area (Å²) >= 11 is 0. The number of morpholine rings is 1. The number of benzene rings is 1. The van der Waals surface area contributed by atoms with Crippen molar-refractivity contribution < 1.29 is 9.84 Å². The molecule has 1 saturated heterocycles. The van der Waals surface area contributed by atoms with Crippen LogP contribution in [0.5, 0.6) is 0 Å². The van der Waals surface area contributed by atoms with Crippen LogP contribution in [0.4, 0.5) is 0 Å². The molecule has 1 saturated carbocycles. The van der Waals surface area contributed by atoms with Gasteiger partial charge in [0.15, 0.2) is 0 Å². The molecule has 1 aromatic rings. The van der Waals surface area contributed by atoms with E-state index in [1.54, 1.807) is 5.57 Å².